The van der Waals surface area contributed by atoms with Crippen molar-refractivity contribution < 1.29 is 39.9 Å². The van der Waals surface area contributed by atoms with Crippen molar-refractivity contribution in [3.05, 3.63) is 45.9 Å². The third-order valence-electron chi connectivity index (χ3n) is 8.81. The van der Waals surface area contributed by atoms with E-state index in [0.29, 0.717) is 24.3 Å². The summed E-state index contributed by atoms with van der Waals surface area (Å²) in [4.78, 5) is 42.9. The molecular formula is C27H33N3O8. The molecule has 5 rings (SSSR count). The van der Waals surface area contributed by atoms with Gasteiger partial charge in [-0.1, -0.05) is 13.0 Å². The number of nitrogens with zero attached hydrogens (tertiary/aromatic N) is 2. The van der Waals surface area contributed by atoms with Crippen LogP contribution in [-0.4, -0.2) is 92.8 Å². The fourth-order valence-corrected chi connectivity index (χ4v) is 7.00. The van der Waals surface area contributed by atoms with E-state index in [0.717, 1.165) is 19.3 Å². The number of benzene rings is 1. The lowest BCUT2D eigenvalue weighted by atomic mass is 9.55. The Morgan fingerprint density at radius 2 is 1.74 bits per heavy atom. The maximum Gasteiger partial charge on any atom is 0.255 e. The van der Waals surface area contributed by atoms with E-state index >= 15 is 0 Å². The monoisotopic (exact) mass is 527 g/mol. The van der Waals surface area contributed by atoms with Gasteiger partial charge in [-0.25, -0.2) is 0 Å². The molecule has 11 heteroatoms. The summed E-state index contributed by atoms with van der Waals surface area (Å²) >= 11 is 0. The van der Waals surface area contributed by atoms with Crippen molar-refractivity contribution in [1.82, 2.24) is 4.90 Å². The number of anilines is 1. The number of fused-ring (bicyclic) bond motifs is 3. The van der Waals surface area contributed by atoms with Gasteiger partial charge in [0.15, 0.2) is 11.4 Å². The Labute approximate surface area is 219 Å². The number of hydrogen-bond donors (Lipinski definition) is 6. The van der Waals surface area contributed by atoms with Gasteiger partial charge in [-0.15, -0.1) is 0 Å². The van der Waals surface area contributed by atoms with E-state index in [1.165, 1.54) is 19.0 Å². The molecule has 0 spiro atoms. The molecule has 204 valence electrons. The molecule has 1 aromatic carbocycles. The van der Waals surface area contributed by atoms with Gasteiger partial charge in [0.2, 0.25) is 5.78 Å². The van der Waals surface area contributed by atoms with Crippen LogP contribution in [0.25, 0.3) is 0 Å². The van der Waals surface area contributed by atoms with Crippen molar-refractivity contribution in [3.8, 4) is 5.75 Å². The molecule has 0 saturated carbocycles. The number of carbonyl (C=O) groups is 3. The molecule has 1 heterocycles. The number of aromatic hydroxyl groups is 1. The van der Waals surface area contributed by atoms with Gasteiger partial charge in [0.1, 0.15) is 22.8 Å². The summed E-state index contributed by atoms with van der Waals surface area (Å²) in [7, 11) is 3.01. The molecule has 0 bridgehead atoms. The second-order valence-electron chi connectivity index (χ2n) is 11.0. The van der Waals surface area contributed by atoms with Crippen LogP contribution in [-0.2, 0) is 9.59 Å². The summed E-state index contributed by atoms with van der Waals surface area (Å²) in [6.45, 7) is 3.13. The SMILES string of the molecule is C[C@@H]1c2ccc(N3CCCCC3)c(O)c2C(=O)C2=C(O)[C@@]3(O)C(=O)C(C(N)=O)=C(O)[C@H](N(C)C)[C@H]3[C@H](O)[C@H]21. The van der Waals surface area contributed by atoms with Crippen LogP contribution in [0.4, 0.5) is 5.69 Å². The van der Waals surface area contributed by atoms with Gasteiger partial charge in [-0.2, -0.15) is 0 Å². The van der Waals surface area contributed by atoms with Gasteiger partial charge in [0, 0.05) is 24.6 Å². The molecule has 0 radical (unpaired) electrons. The standard InChI is InChI=1S/C27H33N3O8/c1-11-12-7-8-13(30-9-5-4-6-10-30)20(31)15(12)21(32)16-14(11)22(33)18-19(29(2)3)23(34)17(26(28)37)25(36)27(18,38)24(16)35/h7-8,11,14,18-19,22,31,33-35,38H,4-6,9-10H2,1-3H3,(H2,28,37)/t11-,14+,18+,19-,22-,27-/m1/s1. The topological polar surface area (TPSA) is 185 Å². The lowest BCUT2D eigenvalue weighted by Crippen LogP contribution is -2.68. The second-order valence-corrected chi connectivity index (χ2v) is 11.0. The number of carbonyl (C=O) groups excluding carboxylic acids is 3. The molecule has 1 amide bonds. The van der Waals surface area contributed by atoms with Crippen molar-refractivity contribution >= 4 is 23.2 Å². The normalized spacial score (nSPS) is 33.3. The zero-order valence-corrected chi connectivity index (χ0v) is 21.5. The largest absolute Gasteiger partial charge is 0.510 e. The summed E-state index contributed by atoms with van der Waals surface area (Å²) in [5.41, 5.74) is 1.99. The van der Waals surface area contributed by atoms with E-state index in [-0.39, 0.29) is 11.3 Å². The van der Waals surface area contributed by atoms with Gasteiger partial charge in [-0.3, -0.25) is 19.3 Å². The van der Waals surface area contributed by atoms with Crippen LogP contribution in [0.3, 0.4) is 0 Å². The average Bonchev–Trinajstić information content (AvgIpc) is 2.86. The molecule has 7 N–H and O–H groups in total. The lowest BCUT2D eigenvalue weighted by Gasteiger charge is -2.53. The van der Waals surface area contributed by atoms with Crippen LogP contribution in [0, 0.1) is 11.8 Å². The number of primary amides is 1. The first-order chi connectivity index (χ1) is 17.8. The second kappa shape index (κ2) is 8.82. The Morgan fingerprint density at radius 1 is 1.11 bits per heavy atom. The number of amides is 1. The fraction of sp³-hybridized carbons (Fsp3) is 0.519. The fourth-order valence-electron chi connectivity index (χ4n) is 7.00. The van der Waals surface area contributed by atoms with Crippen LogP contribution in [0.15, 0.2) is 34.8 Å². The summed E-state index contributed by atoms with van der Waals surface area (Å²) in [5, 5.41) is 57.0. The van der Waals surface area contributed by atoms with Crippen molar-refractivity contribution in [2.75, 3.05) is 32.1 Å². The van der Waals surface area contributed by atoms with E-state index in [2.05, 4.69) is 0 Å². The molecule has 3 aliphatic carbocycles. The Hall–Kier alpha value is -3.41. The molecule has 1 saturated heterocycles. The van der Waals surface area contributed by atoms with E-state index in [1.807, 2.05) is 4.90 Å². The summed E-state index contributed by atoms with van der Waals surface area (Å²) < 4.78 is 0. The van der Waals surface area contributed by atoms with Crippen LogP contribution in [0.1, 0.15) is 48.0 Å². The quantitative estimate of drug-likeness (QED) is 0.305. The lowest BCUT2D eigenvalue weighted by molar-refractivity contribution is -0.162. The molecular weight excluding hydrogens is 494 g/mol. The van der Waals surface area contributed by atoms with Crippen molar-refractivity contribution in [2.24, 2.45) is 17.6 Å². The highest BCUT2D eigenvalue weighted by Gasteiger charge is 2.67. The number of phenols is 1. The zero-order chi connectivity index (χ0) is 27.8. The van der Waals surface area contributed by atoms with Gasteiger partial charge in [-0.05, 0) is 50.9 Å². The molecule has 11 nitrogen and oxygen atoms in total. The zero-order valence-electron chi connectivity index (χ0n) is 21.5. The first kappa shape index (κ1) is 26.2. The van der Waals surface area contributed by atoms with E-state index < -0.39 is 75.6 Å². The predicted octanol–water partition coefficient (Wildman–Crippen LogP) is 0.643. The number of likely N-dealkylation sites (N-methyl/N-ethyl adjacent to an activating group) is 1. The number of phenolic OH excluding ortho intramolecular Hbond substituents is 1. The maximum atomic E-state index is 13.9. The minimum atomic E-state index is -2.91. The van der Waals surface area contributed by atoms with Gasteiger partial charge in [0.25, 0.3) is 5.91 Å². The molecule has 38 heavy (non-hydrogen) atoms. The van der Waals surface area contributed by atoms with Crippen LogP contribution in [0.5, 0.6) is 5.75 Å². The number of aliphatic hydroxyl groups is 4. The summed E-state index contributed by atoms with van der Waals surface area (Å²) in [6, 6.07) is 2.18. The summed E-state index contributed by atoms with van der Waals surface area (Å²) in [5.74, 6) is -8.76. The highest BCUT2D eigenvalue weighted by atomic mass is 16.4. The Morgan fingerprint density at radius 3 is 2.32 bits per heavy atom. The third kappa shape index (κ3) is 3.28. The number of ketones is 2. The first-order valence-electron chi connectivity index (χ1n) is 12.8. The number of hydrogen-bond acceptors (Lipinski definition) is 10. The van der Waals surface area contributed by atoms with Crippen LogP contribution in [0.2, 0.25) is 0 Å². The van der Waals surface area contributed by atoms with Gasteiger partial charge < -0.3 is 36.2 Å². The number of nitrogens with two attached hydrogens (primary N) is 1. The average molecular weight is 528 g/mol. The van der Waals surface area contributed by atoms with E-state index in [9.17, 15) is 39.9 Å². The number of Topliss-reactive ketones (excluding diaryl/α,β-unsaturated/α-hetero) is 2. The highest BCUT2D eigenvalue weighted by Crippen LogP contribution is 2.56. The van der Waals surface area contributed by atoms with E-state index in [4.69, 9.17) is 5.73 Å². The molecule has 1 aliphatic heterocycles. The first-order valence-corrected chi connectivity index (χ1v) is 12.8. The molecule has 1 fully saturated rings. The Balaban J connectivity index is 1.73. The molecule has 1 aromatic rings. The Kier molecular flexibility index (Phi) is 6.08. The van der Waals surface area contributed by atoms with Crippen molar-refractivity contribution in [3.63, 3.8) is 0 Å². The Bertz CT molecular complexity index is 1310. The van der Waals surface area contributed by atoms with Crippen molar-refractivity contribution in [1.29, 1.82) is 0 Å². The smallest absolute Gasteiger partial charge is 0.255 e. The van der Waals surface area contributed by atoms with Gasteiger partial charge in [0.05, 0.1) is 29.3 Å². The molecule has 0 unspecified atom stereocenters. The van der Waals surface area contributed by atoms with Crippen LogP contribution >= 0.6 is 0 Å². The number of piperidine rings is 1. The van der Waals surface area contributed by atoms with E-state index in [1.54, 1.807) is 19.1 Å². The van der Waals surface area contributed by atoms with Crippen molar-refractivity contribution in [2.45, 2.75) is 49.9 Å². The molecule has 6 atom stereocenters. The summed E-state index contributed by atoms with van der Waals surface area (Å²) in [6.07, 6.45) is 1.34. The third-order valence-corrected chi connectivity index (χ3v) is 8.81. The number of aliphatic hydroxyl groups excluding tert-OH is 3. The minimum Gasteiger partial charge on any atom is -0.510 e. The minimum absolute atomic E-state index is 0.0615. The highest BCUT2D eigenvalue weighted by molar-refractivity contribution is 6.25. The predicted molar refractivity (Wildman–Crippen MR) is 136 cm³/mol. The molecule has 4 aliphatic rings. The van der Waals surface area contributed by atoms with Gasteiger partial charge >= 0.3 is 0 Å². The van der Waals surface area contributed by atoms with Crippen LogP contribution < -0.4 is 10.6 Å². The number of rotatable bonds is 3. The maximum absolute atomic E-state index is 13.9. The molecule has 0 aromatic heterocycles.